The summed E-state index contributed by atoms with van der Waals surface area (Å²) in [4.78, 5) is 13.1. The number of methoxy groups -OCH3 is 1. The Hall–Kier alpha value is -2.20. The molecule has 3 atom stereocenters. The fraction of sp³-hybridized carbons (Fsp3) is 0.304. The summed E-state index contributed by atoms with van der Waals surface area (Å²) in [5, 5.41) is 22.4. The van der Waals surface area contributed by atoms with Gasteiger partial charge in [-0.1, -0.05) is 60.7 Å². The molecule has 2 aromatic carbocycles. The molecular formula is C23H23NO3S2. The summed E-state index contributed by atoms with van der Waals surface area (Å²) in [5.41, 5.74) is 0.771. The first-order valence-electron chi connectivity index (χ1n) is 9.15. The summed E-state index contributed by atoms with van der Waals surface area (Å²) < 4.78 is 4.96. The van der Waals surface area contributed by atoms with Gasteiger partial charge < -0.3 is 9.84 Å². The molecule has 2 aromatic rings. The number of thioether (sulfide) groups is 2. The average molecular weight is 426 g/mol. The van der Waals surface area contributed by atoms with E-state index in [-0.39, 0.29) is 4.58 Å². The van der Waals surface area contributed by atoms with Crippen LogP contribution in [0.5, 0.6) is 0 Å². The molecule has 3 rings (SSSR count). The van der Waals surface area contributed by atoms with Crippen LogP contribution < -0.4 is 0 Å². The first-order chi connectivity index (χ1) is 14.0. The maximum Gasteiger partial charge on any atom is 0.313 e. The lowest BCUT2D eigenvalue weighted by molar-refractivity contribution is -0.153. The molecule has 0 fully saturated rings. The van der Waals surface area contributed by atoms with Gasteiger partial charge in [-0.2, -0.15) is 5.26 Å². The summed E-state index contributed by atoms with van der Waals surface area (Å²) >= 11 is 3.09. The number of esters is 1. The molecule has 0 heterocycles. The fourth-order valence-corrected chi connectivity index (χ4v) is 6.05. The normalized spacial score (nSPS) is 23.9. The lowest BCUT2D eigenvalue weighted by atomic mass is 9.75. The Labute approximate surface area is 180 Å². The molecule has 1 aliphatic rings. The summed E-state index contributed by atoms with van der Waals surface area (Å²) in [5.74, 6) is -2.08. The molecular weight excluding hydrogens is 402 g/mol. The number of carbonyl (C=O) groups is 1. The lowest BCUT2D eigenvalue weighted by Crippen LogP contribution is -2.42. The zero-order valence-electron chi connectivity index (χ0n) is 16.5. The van der Waals surface area contributed by atoms with E-state index in [0.717, 1.165) is 5.56 Å². The van der Waals surface area contributed by atoms with Crippen molar-refractivity contribution >= 4 is 29.5 Å². The van der Waals surface area contributed by atoms with Crippen LogP contribution in [0.15, 0.2) is 71.8 Å². The molecule has 0 saturated heterocycles. The van der Waals surface area contributed by atoms with E-state index in [1.54, 1.807) is 35.7 Å². The Morgan fingerprint density at radius 1 is 1.10 bits per heavy atom. The Balaban J connectivity index is 2.38. The predicted molar refractivity (Wildman–Crippen MR) is 118 cm³/mol. The molecule has 1 N–H and O–H groups in total. The van der Waals surface area contributed by atoms with Crippen molar-refractivity contribution in [3.05, 3.63) is 82.9 Å². The van der Waals surface area contributed by atoms with Crippen LogP contribution in [0.2, 0.25) is 0 Å². The molecule has 150 valence electrons. The Morgan fingerprint density at radius 3 is 2.14 bits per heavy atom. The molecule has 0 radical (unpaired) electrons. The summed E-state index contributed by atoms with van der Waals surface area (Å²) in [6, 6.07) is 20.9. The standard InChI is InChI=1S/C23H23NO3S2/c1-27-21(25)20-18(15-10-6-4-7-11-15)17(14-24)19(22(28-2)29-3)23(20,26)16-12-8-5-9-13-16/h4-13,18,20,22,26H,1-3H3/t18?,20-,23-/m0/s1. The van der Waals surface area contributed by atoms with Crippen molar-refractivity contribution in [2.75, 3.05) is 19.6 Å². The van der Waals surface area contributed by atoms with Crippen LogP contribution in [-0.2, 0) is 15.1 Å². The average Bonchev–Trinajstić information content (AvgIpc) is 3.05. The van der Waals surface area contributed by atoms with Crippen molar-refractivity contribution in [3.63, 3.8) is 0 Å². The van der Waals surface area contributed by atoms with Gasteiger partial charge in [0.2, 0.25) is 0 Å². The second-order valence-corrected chi connectivity index (χ2v) is 8.95. The van der Waals surface area contributed by atoms with Gasteiger partial charge in [-0.15, -0.1) is 23.5 Å². The molecule has 0 spiro atoms. The van der Waals surface area contributed by atoms with Crippen LogP contribution in [0.4, 0.5) is 0 Å². The van der Waals surface area contributed by atoms with Gasteiger partial charge in [-0.05, 0) is 23.6 Å². The van der Waals surface area contributed by atoms with Gasteiger partial charge >= 0.3 is 5.97 Å². The smallest absolute Gasteiger partial charge is 0.313 e. The van der Waals surface area contributed by atoms with Crippen LogP contribution in [-0.4, -0.2) is 35.3 Å². The highest BCUT2D eigenvalue weighted by molar-refractivity contribution is 8.16. The minimum absolute atomic E-state index is 0.185. The van der Waals surface area contributed by atoms with E-state index < -0.39 is 23.4 Å². The number of benzene rings is 2. The molecule has 1 unspecified atom stereocenters. The number of nitriles is 1. The topological polar surface area (TPSA) is 70.3 Å². The van der Waals surface area contributed by atoms with Gasteiger partial charge in [-0.25, -0.2) is 0 Å². The highest BCUT2D eigenvalue weighted by atomic mass is 32.2. The van der Waals surface area contributed by atoms with Crippen molar-refractivity contribution < 1.29 is 14.6 Å². The van der Waals surface area contributed by atoms with Crippen molar-refractivity contribution in [3.8, 4) is 6.07 Å². The van der Waals surface area contributed by atoms with Crippen LogP contribution in [0.1, 0.15) is 17.0 Å². The highest BCUT2D eigenvalue weighted by Crippen LogP contribution is 2.58. The number of aliphatic hydroxyl groups is 1. The van der Waals surface area contributed by atoms with E-state index in [4.69, 9.17) is 4.74 Å². The summed E-state index contributed by atoms with van der Waals surface area (Å²) in [6.07, 6.45) is 3.88. The molecule has 0 bridgehead atoms. The molecule has 6 heteroatoms. The number of carbonyl (C=O) groups excluding carboxylic acids is 1. The van der Waals surface area contributed by atoms with E-state index >= 15 is 0 Å². The third kappa shape index (κ3) is 3.59. The highest BCUT2D eigenvalue weighted by Gasteiger charge is 2.59. The summed E-state index contributed by atoms with van der Waals surface area (Å²) in [7, 11) is 1.32. The quantitative estimate of drug-likeness (QED) is 0.549. The van der Waals surface area contributed by atoms with Crippen molar-refractivity contribution in [1.29, 1.82) is 5.26 Å². The first-order valence-corrected chi connectivity index (χ1v) is 11.7. The monoisotopic (exact) mass is 425 g/mol. The number of nitrogens with zero attached hydrogens (tertiary/aromatic N) is 1. The maximum atomic E-state index is 13.1. The minimum atomic E-state index is -1.64. The van der Waals surface area contributed by atoms with Gasteiger partial charge in [0.1, 0.15) is 11.5 Å². The zero-order chi connectivity index (χ0) is 21.0. The van der Waals surface area contributed by atoms with Gasteiger partial charge in [0, 0.05) is 17.1 Å². The van der Waals surface area contributed by atoms with Crippen molar-refractivity contribution in [2.45, 2.75) is 16.1 Å². The third-order valence-electron chi connectivity index (χ3n) is 5.41. The number of ether oxygens (including phenoxy) is 1. The zero-order valence-corrected chi connectivity index (χ0v) is 18.2. The van der Waals surface area contributed by atoms with Crippen LogP contribution in [0.3, 0.4) is 0 Å². The van der Waals surface area contributed by atoms with Gasteiger partial charge in [-0.3, -0.25) is 4.79 Å². The molecule has 4 nitrogen and oxygen atoms in total. The van der Waals surface area contributed by atoms with Crippen molar-refractivity contribution in [1.82, 2.24) is 0 Å². The van der Waals surface area contributed by atoms with E-state index in [2.05, 4.69) is 6.07 Å². The molecule has 0 amide bonds. The fourth-order valence-electron chi connectivity index (χ4n) is 4.20. The molecule has 1 aliphatic carbocycles. The Morgan fingerprint density at radius 2 is 1.66 bits per heavy atom. The van der Waals surface area contributed by atoms with Crippen molar-refractivity contribution in [2.24, 2.45) is 5.92 Å². The Kier molecular flexibility index (Phi) is 6.74. The van der Waals surface area contributed by atoms with Crippen LogP contribution >= 0.6 is 23.5 Å². The third-order valence-corrected chi connectivity index (χ3v) is 7.89. The second kappa shape index (κ2) is 9.08. The molecule has 0 aliphatic heterocycles. The number of hydrogen-bond acceptors (Lipinski definition) is 6. The minimum Gasteiger partial charge on any atom is -0.469 e. The number of hydrogen-bond donors (Lipinski definition) is 1. The molecule has 0 saturated carbocycles. The van der Waals surface area contributed by atoms with Gasteiger partial charge in [0.15, 0.2) is 0 Å². The van der Waals surface area contributed by atoms with E-state index in [0.29, 0.717) is 16.7 Å². The number of rotatable bonds is 6. The first kappa shape index (κ1) is 21.5. The lowest BCUT2D eigenvalue weighted by Gasteiger charge is -2.36. The largest absolute Gasteiger partial charge is 0.469 e. The summed E-state index contributed by atoms with van der Waals surface area (Å²) in [6.45, 7) is 0. The second-order valence-electron chi connectivity index (χ2n) is 6.76. The van der Waals surface area contributed by atoms with E-state index in [1.807, 2.05) is 61.0 Å². The molecule has 29 heavy (non-hydrogen) atoms. The van der Waals surface area contributed by atoms with Crippen LogP contribution in [0.25, 0.3) is 0 Å². The maximum absolute atomic E-state index is 13.1. The number of allylic oxidation sites excluding steroid dienone is 1. The van der Waals surface area contributed by atoms with Gasteiger partial charge in [0.25, 0.3) is 0 Å². The SMILES string of the molecule is COC(=O)[C@@H]1C(c2ccccc2)C(C#N)=C(C(SC)SC)[C@@]1(O)c1ccccc1. The van der Waals surface area contributed by atoms with Gasteiger partial charge in [0.05, 0.1) is 17.8 Å². The predicted octanol–water partition coefficient (Wildman–Crippen LogP) is 4.33. The van der Waals surface area contributed by atoms with Crippen LogP contribution in [0, 0.1) is 17.2 Å². The van der Waals surface area contributed by atoms with E-state index in [1.165, 1.54) is 7.11 Å². The van der Waals surface area contributed by atoms with E-state index in [9.17, 15) is 15.2 Å². The Bertz CT molecular complexity index is 936. The molecule has 0 aromatic heterocycles.